The smallest absolute Gasteiger partial charge is 0.412 e. The number of hydrogen-bond donors (Lipinski definition) is 2. The first kappa shape index (κ1) is 65.7. The van der Waals surface area contributed by atoms with Crippen molar-refractivity contribution in [1.82, 2.24) is 49.3 Å². The maximum absolute atomic E-state index is 12.9. The van der Waals surface area contributed by atoms with Crippen molar-refractivity contribution >= 4 is 68.6 Å². The molecular weight excluding hydrogens is 1220 g/mol. The molecule has 492 valence electrons. The van der Waals surface area contributed by atoms with Crippen molar-refractivity contribution in [1.29, 1.82) is 0 Å². The number of nitrogens with one attached hydrogen (secondary N) is 1. The van der Waals surface area contributed by atoms with Crippen LogP contribution >= 0.6 is 11.8 Å². The van der Waals surface area contributed by atoms with Gasteiger partial charge in [0.2, 0.25) is 15.0 Å². The molecule has 0 bridgehead atoms. The van der Waals surface area contributed by atoms with E-state index >= 15 is 0 Å². The minimum atomic E-state index is -3.78. The maximum Gasteiger partial charge on any atom is 0.412 e. The molecule has 0 unspecified atom stereocenters. The predicted molar refractivity (Wildman–Crippen MR) is 343 cm³/mol. The van der Waals surface area contributed by atoms with Gasteiger partial charge >= 0.3 is 12.2 Å². The molecule has 2 spiro atoms. The summed E-state index contributed by atoms with van der Waals surface area (Å²) < 4.78 is 60.9. The lowest BCUT2D eigenvalue weighted by Crippen LogP contribution is -2.47. The fraction of sp³-hybridized carbons (Fsp3) is 0.531. The lowest BCUT2D eigenvalue weighted by atomic mass is 9.80. The Labute approximate surface area is 540 Å². The molecule has 4 atom stereocenters. The number of aryl methyl sites for hydroxylation is 2. The van der Waals surface area contributed by atoms with Crippen LogP contribution < -0.4 is 20.0 Å². The number of carbonyl (C=O) groups is 4. The number of carboxylic acid groups (broad SMARTS) is 1. The Bertz CT molecular complexity index is 4010. The number of hydrogen-bond acceptors (Lipinski definition) is 20. The number of fused-ring (bicyclic) bond motifs is 8. The molecule has 26 nitrogen and oxygen atoms in total. The van der Waals surface area contributed by atoms with Gasteiger partial charge in [0.1, 0.15) is 28.4 Å². The number of carbonyl (C=O) groups excluding carboxylic acids is 3. The van der Waals surface area contributed by atoms with Gasteiger partial charge in [-0.3, -0.25) is 29.2 Å². The molecule has 0 aliphatic carbocycles. The molecule has 4 aromatic heterocycles. The molecule has 6 aromatic rings. The number of nitrogens with zero attached hydrogens (tertiary/aromatic N) is 13. The summed E-state index contributed by atoms with van der Waals surface area (Å²) in [4.78, 5) is 78.0. The van der Waals surface area contributed by atoms with Crippen molar-refractivity contribution in [2.75, 3.05) is 87.0 Å². The average molecular weight is 1300 g/mol. The van der Waals surface area contributed by atoms with Crippen LogP contribution in [-0.4, -0.2) is 165 Å². The van der Waals surface area contributed by atoms with E-state index in [0.717, 1.165) is 69.9 Å². The molecule has 12 rings (SSSR count). The second-order valence-corrected chi connectivity index (χ2v) is 29.4. The lowest BCUT2D eigenvalue weighted by Gasteiger charge is -2.45. The first-order valence-electron chi connectivity index (χ1n) is 30.8. The number of aromatic nitrogens is 8. The van der Waals surface area contributed by atoms with Crippen LogP contribution in [0.15, 0.2) is 58.8 Å². The van der Waals surface area contributed by atoms with Gasteiger partial charge < -0.3 is 48.4 Å². The standard InChI is InChI=1S/C32H41N7O7S.C32H41N7O5S/c1-19-22-10-9-20(33-30(41)46-31(2,3)4)13-24(22)32(18-44-19)15-26-23(17-45-32)27(35-29(34-26)47(7,42)43)38-11-8-12-39-21(16-38)14-25(36-39)28(40)37(5)6;1-19-22-10-9-20(39(30(41)42)31(2,3)4)13-24(22)32(18-43-19)15-26-23(17-44-32)27(34-29(33-26)45-7)37-11-8-12-38-21(16-37)14-25(35-38)28(40)36(5)6/h9-10,13-14,19H,8,11-12,15-18H2,1-7H3,(H,33,41);9-10,13-14,19H,8,11-12,15-18H2,1-7H3,(H,41,42)/t2*19-,32-/m00/s1. The van der Waals surface area contributed by atoms with Crippen molar-refractivity contribution in [2.24, 2.45) is 0 Å². The van der Waals surface area contributed by atoms with E-state index in [1.54, 1.807) is 61.1 Å². The van der Waals surface area contributed by atoms with Crippen LogP contribution in [0.3, 0.4) is 0 Å². The molecule has 0 saturated carbocycles. The van der Waals surface area contributed by atoms with Crippen LogP contribution in [0.2, 0.25) is 0 Å². The van der Waals surface area contributed by atoms with Gasteiger partial charge in [0.25, 0.3) is 11.8 Å². The predicted octanol–water partition coefficient (Wildman–Crippen LogP) is 8.44. The molecule has 0 fully saturated rings. The van der Waals surface area contributed by atoms with E-state index in [0.29, 0.717) is 97.2 Å². The highest BCUT2D eigenvalue weighted by molar-refractivity contribution is 7.98. The Morgan fingerprint density at radius 3 is 1.67 bits per heavy atom. The summed E-state index contributed by atoms with van der Waals surface area (Å²) in [6.07, 6.45) is 3.33. The number of thioether (sulfide) groups is 1. The summed E-state index contributed by atoms with van der Waals surface area (Å²) in [6.45, 7) is 19.5. The van der Waals surface area contributed by atoms with Crippen LogP contribution in [0, 0.1) is 0 Å². The van der Waals surface area contributed by atoms with Crippen LogP contribution in [0.5, 0.6) is 0 Å². The van der Waals surface area contributed by atoms with E-state index in [1.807, 2.05) is 91.5 Å². The number of ether oxygens (including phenoxy) is 5. The number of sulfone groups is 1. The largest absolute Gasteiger partial charge is 0.465 e. The van der Waals surface area contributed by atoms with E-state index in [4.69, 9.17) is 33.7 Å². The fourth-order valence-corrected chi connectivity index (χ4v) is 13.7. The molecule has 2 N–H and O–H groups in total. The first-order chi connectivity index (χ1) is 43.3. The van der Waals surface area contributed by atoms with E-state index in [1.165, 1.54) is 26.5 Å². The molecule has 28 heteroatoms. The van der Waals surface area contributed by atoms with Gasteiger partial charge in [-0.05, 0) is 133 Å². The Kier molecular flexibility index (Phi) is 17.8. The van der Waals surface area contributed by atoms with E-state index in [9.17, 15) is 32.7 Å². The third kappa shape index (κ3) is 13.1. The van der Waals surface area contributed by atoms with Gasteiger partial charge in [-0.25, -0.2) is 37.9 Å². The average Bonchev–Trinajstić information content (AvgIpc) is 0.880. The first-order valence-corrected chi connectivity index (χ1v) is 33.9. The van der Waals surface area contributed by atoms with Crippen LogP contribution in [0.4, 0.5) is 32.6 Å². The zero-order valence-electron chi connectivity index (χ0n) is 54.7. The molecule has 0 radical (unpaired) electrons. The molecule has 6 aliphatic heterocycles. The SMILES string of the molecule is CSc1nc2c(c(N3CCCn4nc(C(=O)N(C)C)cc4C3)n1)CO[C@]1(CO[C@@H](C)c3ccc(N(C(=O)O)C(C)(C)C)cc31)C2.C[C@@H]1OC[C@@]2(Cc3nc(S(C)(=O)=O)nc(N4CCCn5nc(C(=O)N(C)C)cc5C4)c3CO2)c2cc(NC(=O)OC(C)(C)C)ccc21. The Morgan fingerprint density at radius 2 is 1.20 bits per heavy atom. The van der Waals surface area contributed by atoms with Crippen molar-refractivity contribution < 1.29 is 56.4 Å². The number of rotatable bonds is 8. The summed E-state index contributed by atoms with van der Waals surface area (Å²) in [5.41, 5.74) is 7.33. The van der Waals surface area contributed by atoms with E-state index < -0.39 is 44.4 Å². The normalized spacial score (nSPS) is 21.0. The van der Waals surface area contributed by atoms with Crippen LogP contribution in [-0.2, 0) is 97.0 Å². The maximum atomic E-state index is 12.9. The van der Waals surface area contributed by atoms with Gasteiger partial charge in [-0.15, -0.1) is 0 Å². The summed E-state index contributed by atoms with van der Waals surface area (Å²) in [6, 6.07) is 15.0. The minimum absolute atomic E-state index is 0.107. The number of amides is 4. The van der Waals surface area contributed by atoms with Gasteiger partial charge in [0.15, 0.2) is 16.5 Å². The molecule has 2 aromatic carbocycles. The van der Waals surface area contributed by atoms with Crippen molar-refractivity contribution in [3.8, 4) is 0 Å². The second-order valence-electron chi connectivity index (χ2n) is 26.7. The topological polar surface area (TPSA) is 284 Å². The Balaban J connectivity index is 0.000000189. The van der Waals surface area contributed by atoms with Gasteiger partial charge in [0, 0.05) is 102 Å². The lowest BCUT2D eigenvalue weighted by molar-refractivity contribution is -0.148. The van der Waals surface area contributed by atoms with E-state index in [-0.39, 0.29) is 55.4 Å². The highest BCUT2D eigenvalue weighted by Crippen LogP contribution is 2.49. The zero-order valence-corrected chi connectivity index (χ0v) is 56.4. The quantitative estimate of drug-likeness (QED) is 0.107. The molecule has 0 saturated heterocycles. The summed E-state index contributed by atoms with van der Waals surface area (Å²) in [5, 5.41) is 22.5. The molecule has 92 heavy (non-hydrogen) atoms. The Morgan fingerprint density at radius 1 is 0.696 bits per heavy atom. The highest BCUT2D eigenvalue weighted by atomic mass is 32.2. The molecule has 6 aliphatic rings. The van der Waals surface area contributed by atoms with Gasteiger partial charge in [-0.2, -0.15) is 10.2 Å². The van der Waals surface area contributed by atoms with Crippen LogP contribution in [0.25, 0.3) is 0 Å². The van der Waals surface area contributed by atoms with Crippen molar-refractivity contribution in [2.45, 2.75) is 165 Å². The third-order valence-corrected chi connectivity index (χ3v) is 18.6. The highest BCUT2D eigenvalue weighted by Gasteiger charge is 2.48. The van der Waals surface area contributed by atoms with Gasteiger partial charge in [-0.1, -0.05) is 23.9 Å². The van der Waals surface area contributed by atoms with Crippen LogP contribution in [0.1, 0.15) is 158 Å². The zero-order chi connectivity index (χ0) is 66.1. The third-order valence-electron chi connectivity index (χ3n) is 17.2. The van der Waals surface area contributed by atoms with E-state index in [2.05, 4.69) is 30.4 Å². The Hall–Kier alpha value is -7.76. The molecule has 10 heterocycles. The van der Waals surface area contributed by atoms with Gasteiger partial charge in [0.05, 0.1) is 74.5 Å². The summed E-state index contributed by atoms with van der Waals surface area (Å²) >= 11 is 1.49. The summed E-state index contributed by atoms with van der Waals surface area (Å²) in [7, 11) is 3.04. The minimum Gasteiger partial charge on any atom is -0.465 e. The number of anilines is 4. The number of benzene rings is 2. The summed E-state index contributed by atoms with van der Waals surface area (Å²) in [5.74, 6) is 0.999. The molecular formula is C64H82N14O12S2. The van der Waals surface area contributed by atoms with Crippen molar-refractivity contribution in [3.05, 3.63) is 116 Å². The van der Waals surface area contributed by atoms with Crippen molar-refractivity contribution in [3.63, 3.8) is 0 Å². The molecule has 4 amide bonds. The second kappa shape index (κ2) is 24.9. The fourth-order valence-electron chi connectivity index (χ4n) is 12.8. The monoisotopic (exact) mass is 1300 g/mol.